The fourth-order valence-corrected chi connectivity index (χ4v) is 4.20. The Labute approximate surface area is 125 Å². The maximum Gasteiger partial charge on any atom is 0.00955 e. The third-order valence-electron chi connectivity index (χ3n) is 4.51. The number of thioether (sulfide) groups is 1. The van der Waals surface area contributed by atoms with Gasteiger partial charge in [0, 0.05) is 6.04 Å². The molecule has 0 aromatic rings. The molecule has 3 atom stereocenters. The second kappa shape index (κ2) is 11.0. The highest BCUT2D eigenvalue weighted by atomic mass is 32.2. The van der Waals surface area contributed by atoms with Crippen molar-refractivity contribution in [3.63, 3.8) is 0 Å². The van der Waals surface area contributed by atoms with Gasteiger partial charge in [-0.15, -0.1) is 0 Å². The lowest BCUT2D eigenvalue weighted by molar-refractivity contribution is 0.185. The summed E-state index contributed by atoms with van der Waals surface area (Å²) in [5, 5.41) is 3.82. The van der Waals surface area contributed by atoms with Crippen molar-refractivity contribution < 1.29 is 0 Å². The topological polar surface area (TPSA) is 12.0 Å². The van der Waals surface area contributed by atoms with E-state index >= 15 is 0 Å². The smallest absolute Gasteiger partial charge is 0.00955 e. The minimum absolute atomic E-state index is 0.819. The summed E-state index contributed by atoms with van der Waals surface area (Å²) in [6.45, 7) is 8.11. The van der Waals surface area contributed by atoms with E-state index in [1.807, 2.05) is 0 Å². The van der Waals surface area contributed by atoms with E-state index in [9.17, 15) is 0 Å². The predicted molar refractivity (Wildman–Crippen MR) is 90.1 cm³/mol. The molecule has 1 fully saturated rings. The van der Waals surface area contributed by atoms with Crippen molar-refractivity contribution in [2.24, 2.45) is 11.8 Å². The molecule has 0 aromatic carbocycles. The largest absolute Gasteiger partial charge is 0.314 e. The fourth-order valence-electron chi connectivity index (χ4n) is 3.54. The minimum atomic E-state index is 0.819. The zero-order chi connectivity index (χ0) is 13.9. The lowest BCUT2D eigenvalue weighted by Gasteiger charge is -2.37. The lowest BCUT2D eigenvalue weighted by atomic mass is 9.74. The van der Waals surface area contributed by atoms with Gasteiger partial charge < -0.3 is 5.32 Å². The van der Waals surface area contributed by atoms with E-state index in [0.29, 0.717) is 0 Å². The van der Waals surface area contributed by atoms with Crippen LogP contribution in [0.25, 0.3) is 0 Å². The second-order valence-electron chi connectivity index (χ2n) is 6.13. The summed E-state index contributed by atoms with van der Waals surface area (Å²) in [5.41, 5.74) is 0. The zero-order valence-electron chi connectivity index (χ0n) is 13.4. The van der Waals surface area contributed by atoms with Gasteiger partial charge in [0.25, 0.3) is 0 Å². The van der Waals surface area contributed by atoms with Crippen LogP contribution in [0.15, 0.2) is 0 Å². The van der Waals surface area contributed by atoms with E-state index in [0.717, 1.165) is 17.9 Å². The molecule has 3 unspecified atom stereocenters. The fraction of sp³-hybridized carbons (Fsp3) is 1.00. The summed E-state index contributed by atoms with van der Waals surface area (Å²) in [5.74, 6) is 4.62. The molecular weight excluding hydrogens is 250 g/mol. The average Bonchev–Trinajstić information content (AvgIpc) is 2.43. The Bertz CT molecular complexity index is 207. The third kappa shape index (κ3) is 7.04. The van der Waals surface area contributed by atoms with Crippen LogP contribution in [-0.2, 0) is 0 Å². The van der Waals surface area contributed by atoms with Crippen LogP contribution in [0, 0.1) is 11.8 Å². The predicted octanol–water partition coefficient (Wildman–Crippen LogP) is 5.10. The molecule has 0 amide bonds. The summed E-state index contributed by atoms with van der Waals surface area (Å²) < 4.78 is 0. The summed E-state index contributed by atoms with van der Waals surface area (Å²) in [7, 11) is 0. The Morgan fingerprint density at radius 3 is 2.58 bits per heavy atom. The quantitative estimate of drug-likeness (QED) is 0.560. The molecule has 0 aliphatic heterocycles. The Hall–Kier alpha value is 0.310. The van der Waals surface area contributed by atoms with Gasteiger partial charge in [-0.3, -0.25) is 0 Å². The van der Waals surface area contributed by atoms with Crippen molar-refractivity contribution in [2.75, 3.05) is 18.1 Å². The molecule has 1 rings (SSSR count). The van der Waals surface area contributed by atoms with Crippen molar-refractivity contribution in [2.45, 2.75) is 78.2 Å². The van der Waals surface area contributed by atoms with Crippen LogP contribution >= 0.6 is 11.8 Å². The molecule has 0 saturated heterocycles. The van der Waals surface area contributed by atoms with E-state index in [1.54, 1.807) is 0 Å². The van der Waals surface area contributed by atoms with Gasteiger partial charge in [0.2, 0.25) is 0 Å². The lowest BCUT2D eigenvalue weighted by Crippen LogP contribution is -2.41. The van der Waals surface area contributed by atoms with E-state index in [-0.39, 0.29) is 0 Å². The van der Waals surface area contributed by atoms with Crippen molar-refractivity contribution in [3.8, 4) is 0 Å². The molecular formula is C17H35NS. The molecule has 1 aliphatic carbocycles. The zero-order valence-corrected chi connectivity index (χ0v) is 14.2. The number of hydrogen-bond donors (Lipinski definition) is 1. The first-order valence-corrected chi connectivity index (χ1v) is 9.78. The van der Waals surface area contributed by atoms with Gasteiger partial charge >= 0.3 is 0 Å². The highest BCUT2D eigenvalue weighted by Crippen LogP contribution is 2.35. The van der Waals surface area contributed by atoms with Crippen molar-refractivity contribution in [1.29, 1.82) is 0 Å². The van der Waals surface area contributed by atoms with Gasteiger partial charge in [-0.25, -0.2) is 0 Å². The number of rotatable bonds is 10. The molecule has 0 spiro atoms. The average molecular weight is 286 g/mol. The molecule has 1 nitrogen and oxygen atoms in total. The summed E-state index contributed by atoms with van der Waals surface area (Å²) >= 11 is 2.11. The van der Waals surface area contributed by atoms with Crippen LogP contribution < -0.4 is 5.32 Å². The first kappa shape index (κ1) is 17.4. The molecule has 19 heavy (non-hydrogen) atoms. The number of hydrogen-bond acceptors (Lipinski definition) is 2. The minimum Gasteiger partial charge on any atom is -0.314 e. The van der Waals surface area contributed by atoms with Gasteiger partial charge in [0.15, 0.2) is 0 Å². The molecule has 114 valence electrons. The first-order valence-electron chi connectivity index (χ1n) is 8.62. The monoisotopic (exact) mass is 285 g/mol. The van der Waals surface area contributed by atoms with E-state index in [4.69, 9.17) is 0 Å². The summed E-state index contributed by atoms with van der Waals surface area (Å²) in [6, 6.07) is 0.819. The molecule has 0 heterocycles. The third-order valence-corrected chi connectivity index (χ3v) is 5.50. The van der Waals surface area contributed by atoms with Crippen LogP contribution in [0.5, 0.6) is 0 Å². The Balaban J connectivity index is 2.35. The first-order chi connectivity index (χ1) is 9.31. The maximum absolute atomic E-state index is 3.82. The second-order valence-corrected chi connectivity index (χ2v) is 7.52. The highest BCUT2D eigenvalue weighted by molar-refractivity contribution is 7.99. The van der Waals surface area contributed by atoms with Gasteiger partial charge in [-0.05, 0) is 68.4 Å². The highest BCUT2D eigenvalue weighted by Gasteiger charge is 2.29. The van der Waals surface area contributed by atoms with Crippen LogP contribution in [0.3, 0.4) is 0 Å². The Morgan fingerprint density at radius 1 is 1.05 bits per heavy atom. The summed E-state index contributed by atoms with van der Waals surface area (Å²) in [6.07, 6.45) is 11.4. The van der Waals surface area contributed by atoms with Crippen LogP contribution in [0.4, 0.5) is 0 Å². The van der Waals surface area contributed by atoms with Gasteiger partial charge in [0.05, 0.1) is 0 Å². The van der Waals surface area contributed by atoms with Crippen LogP contribution in [0.1, 0.15) is 72.1 Å². The van der Waals surface area contributed by atoms with Gasteiger partial charge in [-0.2, -0.15) is 11.8 Å². The van der Waals surface area contributed by atoms with Crippen molar-refractivity contribution >= 4 is 11.8 Å². The van der Waals surface area contributed by atoms with Crippen molar-refractivity contribution in [1.82, 2.24) is 5.32 Å². The van der Waals surface area contributed by atoms with Gasteiger partial charge in [-0.1, -0.05) is 33.6 Å². The maximum atomic E-state index is 3.82. The van der Waals surface area contributed by atoms with Crippen molar-refractivity contribution in [3.05, 3.63) is 0 Å². The summed E-state index contributed by atoms with van der Waals surface area (Å²) in [4.78, 5) is 0. The number of nitrogens with one attached hydrogen (secondary N) is 1. The molecule has 0 aromatic heterocycles. The normalized spacial score (nSPS) is 27.6. The SMILES string of the molecule is CCCNC1CCC(CCC)CC1CCCSCC. The molecule has 2 heteroatoms. The molecule has 1 aliphatic rings. The van der Waals surface area contributed by atoms with E-state index in [2.05, 4.69) is 37.8 Å². The van der Waals surface area contributed by atoms with Crippen LogP contribution in [-0.4, -0.2) is 24.1 Å². The van der Waals surface area contributed by atoms with E-state index in [1.165, 1.54) is 69.4 Å². The molecule has 0 bridgehead atoms. The Kier molecular flexibility index (Phi) is 10.1. The van der Waals surface area contributed by atoms with E-state index < -0.39 is 0 Å². The van der Waals surface area contributed by atoms with Gasteiger partial charge in [0.1, 0.15) is 0 Å². The Morgan fingerprint density at radius 2 is 1.89 bits per heavy atom. The molecule has 1 N–H and O–H groups in total. The van der Waals surface area contributed by atoms with Crippen LogP contribution in [0.2, 0.25) is 0 Å². The molecule has 1 saturated carbocycles. The molecule has 0 radical (unpaired) electrons. The standard InChI is InChI=1S/C17H35NS/c1-4-8-15-10-11-17(18-12-5-2)16(14-15)9-7-13-19-6-3/h15-18H,4-14H2,1-3H3.